The Balaban J connectivity index is 0.00000161. The maximum Gasteiger partial charge on any atom is 0.273 e. The zero-order chi connectivity index (χ0) is 13.8. The lowest BCUT2D eigenvalue weighted by molar-refractivity contribution is 0.0924. The van der Waals surface area contributed by atoms with Gasteiger partial charge in [-0.05, 0) is 37.4 Å². The van der Waals surface area contributed by atoms with Crippen LogP contribution < -0.4 is 10.6 Å². The highest BCUT2D eigenvalue weighted by Gasteiger charge is 2.18. The highest BCUT2D eigenvalue weighted by atomic mass is 35.5. The molecule has 0 bridgehead atoms. The molecule has 2 aromatic heterocycles. The molecule has 0 aliphatic carbocycles. The zero-order valence-electron chi connectivity index (χ0n) is 11.5. The molecule has 0 atom stereocenters. The van der Waals surface area contributed by atoms with E-state index in [2.05, 4.69) is 20.9 Å². The van der Waals surface area contributed by atoms with E-state index in [4.69, 9.17) is 0 Å². The Morgan fingerprint density at radius 1 is 1.48 bits per heavy atom. The first kappa shape index (κ1) is 15.9. The van der Waals surface area contributed by atoms with E-state index in [9.17, 15) is 4.79 Å². The first-order valence-electron chi connectivity index (χ1n) is 6.75. The van der Waals surface area contributed by atoms with Crippen molar-refractivity contribution in [3.63, 3.8) is 0 Å². The number of amides is 1. The largest absolute Gasteiger partial charge is 0.348 e. The molecule has 3 rings (SSSR count). The summed E-state index contributed by atoms with van der Waals surface area (Å²) in [6, 6.07) is 4.29. The minimum absolute atomic E-state index is 0. The minimum Gasteiger partial charge on any atom is -0.348 e. The first-order valence-corrected chi connectivity index (χ1v) is 7.63. The molecule has 0 unspecified atom stereocenters. The molecule has 1 saturated heterocycles. The summed E-state index contributed by atoms with van der Waals surface area (Å²) in [4.78, 5) is 13.3. The molecule has 0 aromatic carbocycles. The Kier molecular flexibility index (Phi) is 5.72. The predicted octanol–water partition coefficient (Wildman–Crippen LogP) is 1.29. The number of carbonyl (C=O) groups is 1. The van der Waals surface area contributed by atoms with Crippen LogP contribution in [0.5, 0.6) is 0 Å². The van der Waals surface area contributed by atoms with Gasteiger partial charge in [-0.2, -0.15) is 0 Å². The fraction of sp³-hybridized carbons (Fsp3) is 0.462. The molecule has 3 heterocycles. The Hall–Kier alpha value is -1.44. The smallest absolute Gasteiger partial charge is 0.273 e. The van der Waals surface area contributed by atoms with E-state index in [-0.39, 0.29) is 24.4 Å². The van der Waals surface area contributed by atoms with Gasteiger partial charge in [0, 0.05) is 10.9 Å². The van der Waals surface area contributed by atoms with Gasteiger partial charge in [-0.1, -0.05) is 11.3 Å². The molecule has 1 amide bonds. The van der Waals surface area contributed by atoms with E-state index in [1.165, 1.54) is 4.88 Å². The van der Waals surface area contributed by atoms with E-state index in [0.717, 1.165) is 25.9 Å². The summed E-state index contributed by atoms with van der Waals surface area (Å²) < 4.78 is 1.70. The van der Waals surface area contributed by atoms with Crippen molar-refractivity contribution in [3.8, 4) is 0 Å². The quantitative estimate of drug-likeness (QED) is 0.887. The fourth-order valence-electron chi connectivity index (χ4n) is 2.27. The highest BCUT2D eigenvalue weighted by molar-refractivity contribution is 7.09. The summed E-state index contributed by atoms with van der Waals surface area (Å²) in [5.41, 5.74) is 0.389. The topological polar surface area (TPSA) is 71.8 Å². The summed E-state index contributed by atoms with van der Waals surface area (Å²) in [5, 5.41) is 16.3. The molecule has 6 nitrogen and oxygen atoms in total. The summed E-state index contributed by atoms with van der Waals surface area (Å²) in [6.45, 7) is 2.57. The van der Waals surface area contributed by atoms with Crippen molar-refractivity contribution in [2.45, 2.75) is 25.4 Å². The molecular formula is C13H18ClN5OS. The van der Waals surface area contributed by atoms with E-state index >= 15 is 0 Å². The van der Waals surface area contributed by atoms with Crippen molar-refractivity contribution in [3.05, 3.63) is 34.3 Å². The molecule has 2 N–H and O–H groups in total. The summed E-state index contributed by atoms with van der Waals surface area (Å²) in [5.74, 6) is -0.130. The maximum atomic E-state index is 12.1. The average Bonchev–Trinajstić information content (AvgIpc) is 3.12. The number of hydrogen-bond donors (Lipinski definition) is 2. The van der Waals surface area contributed by atoms with Gasteiger partial charge in [-0.25, -0.2) is 4.68 Å². The minimum atomic E-state index is -0.130. The van der Waals surface area contributed by atoms with Crippen LogP contribution in [0.25, 0.3) is 0 Å². The SMILES string of the molecule is Cl.O=C(NC1CCNCC1)c1cn(Cc2cccs2)nn1. The highest BCUT2D eigenvalue weighted by Crippen LogP contribution is 2.10. The standard InChI is InChI=1S/C13H17N5OS.ClH/c19-13(15-10-3-5-14-6-4-10)12-9-18(17-16-12)8-11-2-1-7-20-11;/h1-2,7,9-10,14H,3-6,8H2,(H,15,19);1H. The Morgan fingerprint density at radius 2 is 2.29 bits per heavy atom. The van der Waals surface area contributed by atoms with Crippen LogP contribution in [-0.2, 0) is 6.54 Å². The molecule has 2 aromatic rings. The van der Waals surface area contributed by atoms with Gasteiger partial charge in [0.25, 0.3) is 5.91 Å². The maximum absolute atomic E-state index is 12.1. The van der Waals surface area contributed by atoms with Crippen LogP contribution >= 0.6 is 23.7 Å². The number of aromatic nitrogens is 3. The molecule has 1 aliphatic heterocycles. The van der Waals surface area contributed by atoms with E-state index in [1.807, 2.05) is 17.5 Å². The Labute approximate surface area is 133 Å². The van der Waals surface area contributed by atoms with Gasteiger partial charge in [0.05, 0.1) is 12.7 Å². The van der Waals surface area contributed by atoms with Crippen LogP contribution in [0.2, 0.25) is 0 Å². The van der Waals surface area contributed by atoms with Gasteiger partial charge < -0.3 is 10.6 Å². The second kappa shape index (κ2) is 7.53. The monoisotopic (exact) mass is 327 g/mol. The lowest BCUT2D eigenvalue weighted by Crippen LogP contribution is -2.42. The fourth-order valence-corrected chi connectivity index (χ4v) is 2.96. The molecule has 0 spiro atoms. The average molecular weight is 328 g/mol. The van der Waals surface area contributed by atoms with Gasteiger partial charge in [0.15, 0.2) is 5.69 Å². The van der Waals surface area contributed by atoms with Crippen LogP contribution in [0, 0.1) is 0 Å². The lowest BCUT2D eigenvalue weighted by atomic mass is 10.1. The number of rotatable bonds is 4. The second-order valence-corrected chi connectivity index (χ2v) is 5.91. The summed E-state index contributed by atoms with van der Waals surface area (Å²) in [6.07, 6.45) is 3.64. The third-order valence-electron chi connectivity index (χ3n) is 3.34. The number of thiophene rings is 1. The van der Waals surface area contributed by atoms with Crippen molar-refractivity contribution in [1.82, 2.24) is 25.6 Å². The number of piperidine rings is 1. The van der Waals surface area contributed by atoms with E-state index in [1.54, 1.807) is 22.2 Å². The number of halogens is 1. The normalized spacial score (nSPS) is 15.4. The Bertz CT molecular complexity index is 565. The van der Waals surface area contributed by atoms with Gasteiger partial charge in [0.1, 0.15) is 0 Å². The van der Waals surface area contributed by atoms with Crippen LogP contribution in [0.1, 0.15) is 28.2 Å². The number of carbonyl (C=O) groups excluding carboxylic acids is 1. The zero-order valence-corrected chi connectivity index (χ0v) is 13.1. The van der Waals surface area contributed by atoms with Gasteiger partial charge in [-0.3, -0.25) is 4.79 Å². The van der Waals surface area contributed by atoms with Gasteiger partial charge in [0.2, 0.25) is 0 Å². The molecule has 8 heteroatoms. The van der Waals surface area contributed by atoms with Crippen molar-refractivity contribution in [1.29, 1.82) is 0 Å². The molecule has 114 valence electrons. The van der Waals surface area contributed by atoms with Crippen molar-refractivity contribution in [2.75, 3.05) is 13.1 Å². The molecule has 1 aliphatic rings. The van der Waals surface area contributed by atoms with Crippen molar-refractivity contribution >= 4 is 29.7 Å². The van der Waals surface area contributed by atoms with Crippen molar-refractivity contribution < 1.29 is 4.79 Å². The molecule has 0 saturated carbocycles. The first-order chi connectivity index (χ1) is 9.81. The number of nitrogens with zero attached hydrogens (tertiary/aromatic N) is 3. The third-order valence-corrected chi connectivity index (χ3v) is 4.20. The molecular weight excluding hydrogens is 310 g/mol. The molecule has 21 heavy (non-hydrogen) atoms. The summed E-state index contributed by atoms with van der Waals surface area (Å²) in [7, 11) is 0. The third kappa shape index (κ3) is 4.26. The van der Waals surface area contributed by atoms with Crippen LogP contribution in [0.15, 0.2) is 23.7 Å². The van der Waals surface area contributed by atoms with Gasteiger partial charge in [-0.15, -0.1) is 28.8 Å². The number of nitrogens with one attached hydrogen (secondary N) is 2. The number of hydrogen-bond acceptors (Lipinski definition) is 5. The molecule has 1 fully saturated rings. The van der Waals surface area contributed by atoms with Crippen molar-refractivity contribution in [2.24, 2.45) is 0 Å². The van der Waals surface area contributed by atoms with Crippen LogP contribution in [0.4, 0.5) is 0 Å². The predicted molar refractivity (Wildman–Crippen MR) is 84.0 cm³/mol. The lowest BCUT2D eigenvalue weighted by Gasteiger charge is -2.23. The second-order valence-electron chi connectivity index (χ2n) is 4.88. The van der Waals surface area contributed by atoms with Crippen LogP contribution in [-0.4, -0.2) is 40.0 Å². The summed E-state index contributed by atoms with van der Waals surface area (Å²) >= 11 is 1.67. The van der Waals surface area contributed by atoms with E-state index < -0.39 is 0 Å². The Morgan fingerprint density at radius 3 is 3.00 bits per heavy atom. The molecule has 0 radical (unpaired) electrons. The van der Waals surface area contributed by atoms with Crippen LogP contribution in [0.3, 0.4) is 0 Å². The van der Waals surface area contributed by atoms with Gasteiger partial charge >= 0.3 is 0 Å². The van der Waals surface area contributed by atoms with E-state index in [0.29, 0.717) is 12.2 Å².